The first kappa shape index (κ1) is 31.2. The lowest BCUT2D eigenvalue weighted by molar-refractivity contribution is -0.123. The van der Waals surface area contributed by atoms with Gasteiger partial charge in [-0.2, -0.15) is 13.9 Å². The molecule has 3 aliphatic rings. The van der Waals surface area contributed by atoms with Gasteiger partial charge >= 0.3 is 6.61 Å². The van der Waals surface area contributed by atoms with Crippen LogP contribution in [0.25, 0.3) is 22.2 Å². The van der Waals surface area contributed by atoms with Crippen LogP contribution in [0.1, 0.15) is 60.3 Å². The van der Waals surface area contributed by atoms with Gasteiger partial charge in [-0.25, -0.2) is 13.8 Å². The maximum atomic E-state index is 15.3. The quantitative estimate of drug-likeness (QED) is 0.157. The first-order valence-corrected chi connectivity index (χ1v) is 15.3. The van der Waals surface area contributed by atoms with Crippen molar-refractivity contribution < 1.29 is 41.7 Å². The molecule has 0 saturated heterocycles. The van der Waals surface area contributed by atoms with E-state index in [-0.39, 0.29) is 57.7 Å². The zero-order valence-electron chi connectivity index (χ0n) is 24.8. The number of amides is 2. The summed E-state index contributed by atoms with van der Waals surface area (Å²) in [5.41, 5.74) is 2.51. The molecule has 0 radical (unpaired) electrons. The molecule has 15 heteroatoms. The highest BCUT2D eigenvalue weighted by Crippen LogP contribution is 2.50. The van der Waals surface area contributed by atoms with Crippen LogP contribution in [0.2, 0.25) is 5.02 Å². The van der Waals surface area contributed by atoms with Crippen LogP contribution in [0.5, 0.6) is 11.5 Å². The second kappa shape index (κ2) is 11.1. The lowest BCUT2D eigenvalue weighted by Gasteiger charge is -2.30. The van der Waals surface area contributed by atoms with E-state index in [1.54, 1.807) is 10.9 Å². The third kappa shape index (κ3) is 5.32. The highest BCUT2D eigenvalue weighted by atomic mass is 35.5. The maximum Gasteiger partial charge on any atom is 0.387 e. The molecular formula is C32H28ClF4N5O5. The van der Waals surface area contributed by atoms with Crippen LogP contribution < -0.4 is 20.5 Å². The van der Waals surface area contributed by atoms with Gasteiger partial charge < -0.3 is 25.6 Å². The predicted molar refractivity (Wildman–Crippen MR) is 160 cm³/mol. The van der Waals surface area contributed by atoms with Crippen molar-refractivity contribution in [3.8, 4) is 22.8 Å². The molecule has 2 fully saturated rings. The Balaban J connectivity index is 1.27. The Kier molecular flexibility index (Phi) is 7.35. The van der Waals surface area contributed by atoms with Crippen LogP contribution in [-0.2, 0) is 15.8 Å². The van der Waals surface area contributed by atoms with E-state index < -0.39 is 58.6 Å². The van der Waals surface area contributed by atoms with Crippen molar-refractivity contribution in [3.05, 3.63) is 70.0 Å². The molecule has 2 saturated carbocycles. The fourth-order valence-electron chi connectivity index (χ4n) is 5.99. The van der Waals surface area contributed by atoms with Crippen molar-refractivity contribution in [2.24, 2.45) is 11.7 Å². The molecule has 10 nitrogen and oxygen atoms in total. The zero-order chi connectivity index (χ0) is 33.4. The van der Waals surface area contributed by atoms with Gasteiger partial charge in [0.25, 0.3) is 5.91 Å². The van der Waals surface area contributed by atoms with Gasteiger partial charge in [0.1, 0.15) is 45.4 Å². The van der Waals surface area contributed by atoms with Crippen molar-refractivity contribution in [3.63, 3.8) is 0 Å². The molecule has 3 heterocycles. The van der Waals surface area contributed by atoms with Crippen molar-refractivity contribution >= 4 is 34.3 Å². The number of ether oxygens (including phenoxy) is 2. The van der Waals surface area contributed by atoms with Gasteiger partial charge in [0, 0.05) is 28.3 Å². The Morgan fingerprint density at radius 3 is 2.64 bits per heavy atom. The Morgan fingerprint density at radius 2 is 1.98 bits per heavy atom. The number of carbonyl (C=O) groups is 2. The molecule has 0 unspecified atom stereocenters. The Labute approximate surface area is 269 Å². The number of alkyl halides is 2. The van der Waals surface area contributed by atoms with E-state index in [0.717, 1.165) is 31.0 Å². The molecule has 246 valence electrons. The van der Waals surface area contributed by atoms with Crippen LogP contribution in [0.3, 0.4) is 0 Å². The van der Waals surface area contributed by atoms with Crippen LogP contribution in [0.4, 0.5) is 17.6 Å². The molecule has 2 atom stereocenters. The van der Waals surface area contributed by atoms with E-state index in [2.05, 4.69) is 15.4 Å². The van der Waals surface area contributed by atoms with E-state index in [1.165, 1.54) is 19.1 Å². The Morgan fingerprint density at radius 1 is 1.23 bits per heavy atom. The second-order valence-corrected chi connectivity index (χ2v) is 12.8. The predicted octanol–water partition coefficient (Wildman–Crippen LogP) is 5.13. The fourth-order valence-corrected chi connectivity index (χ4v) is 6.15. The molecule has 1 aliphatic heterocycles. The minimum Gasteiger partial charge on any atom is -0.489 e. The number of nitrogens with two attached hydrogens (primary N) is 1. The summed E-state index contributed by atoms with van der Waals surface area (Å²) >= 11 is 5.87. The van der Waals surface area contributed by atoms with Crippen LogP contribution >= 0.6 is 11.6 Å². The normalized spacial score (nSPS) is 20.2. The molecule has 2 aliphatic carbocycles. The number of pyridine rings is 1. The van der Waals surface area contributed by atoms with Crippen LogP contribution in [0.15, 0.2) is 36.5 Å². The SMILES string of the molecule is C[C@]1(C(N)=O)COc2c1cc([C@@](O)(CNC(=O)c1cc(OC(F)F)c3nn(C4CC4)cc3c1)C1CC1)nc2-c1ccc(F)c(Cl)c1F. The molecule has 2 amide bonds. The number of hydrogen-bond acceptors (Lipinski definition) is 7. The van der Waals surface area contributed by atoms with Crippen molar-refractivity contribution in [1.82, 2.24) is 20.1 Å². The molecule has 0 spiro atoms. The van der Waals surface area contributed by atoms with Gasteiger partial charge in [0.2, 0.25) is 5.91 Å². The number of fused-ring (bicyclic) bond motifs is 2. The number of hydrogen-bond donors (Lipinski definition) is 3. The fraction of sp³-hybridized carbons (Fsp3) is 0.375. The van der Waals surface area contributed by atoms with Crippen LogP contribution in [0, 0.1) is 17.6 Å². The highest BCUT2D eigenvalue weighted by molar-refractivity contribution is 6.31. The number of nitrogens with one attached hydrogen (secondary N) is 1. The molecule has 2 aromatic heterocycles. The van der Waals surface area contributed by atoms with E-state index in [9.17, 15) is 27.9 Å². The molecule has 4 N–H and O–H groups in total. The number of benzene rings is 2. The van der Waals surface area contributed by atoms with Gasteiger partial charge in [0.15, 0.2) is 11.6 Å². The van der Waals surface area contributed by atoms with E-state index in [1.807, 2.05) is 0 Å². The van der Waals surface area contributed by atoms with Crippen molar-refractivity contribution in [2.45, 2.75) is 56.3 Å². The van der Waals surface area contributed by atoms with E-state index in [0.29, 0.717) is 18.2 Å². The summed E-state index contributed by atoms with van der Waals surface area (Å²) in [5.74, 6) is -4.22. The third-order valence-electron chi connectivity index (χ3n) is 9.11. The summed E-state index contributed by atoms with van der Waals surface area (Å²) in [7, 11) is 0. The molecule has 4 aromatic rings. The Bertz CT molecular complexity index is 1970. The lowest BCUT2D eigenvalue weighted by Crippen LogP contribution is -2.44. The summed E-state index contributed by atoms with van der Waals surface area (Å²) in [6.07, 6.45) is 4.57. The average molecular weight is 674 g/mol. The van der Waals surface area contributed by atoms with Gasteiger partial charge in [-0.15, -0.1) is 0 Å². The summed E-state index contributed by atoms with van der Waals surface area (Å²) in [6.45, 7) is -2.22. The minimum absolute atomic E-state index is 0.0121. The topological polar surface area (TPSA) is 142 Å². The third-order valence-corrected chi connectivity index (χ3v) is 9.46. The van der Waals surface area contributed by atoms with E-state index in [4.69, 9.17) is 26.8 Å². The summed E-state index contributed by atoms with van der Waals surface area (Å²) < 4.78 is 68.1. The minimum atomic E-state index is -3.15. The van der Waals surface area contributed by atoms with E-state index >= 15 is 4.39 Å². The van der Waals surface area contributed by atoms with Gasteiger partial charge in [-0.1, -0.05) is 11.6 Å². The van der Waals surface area contributed by atoms with Gasteiger partial charge in [-0.05, 0) is 68.9 Å². The number of rotatable bonds is 10. The van der Waals surface area contributed by atoms with Crippen LogP contribution in [-0.4, -0.2) is 51.4 Å². The van der Waals surface area contributed by atoms with Crippen molar-refractivity contribution in [2.75, 3.05) is 13.2 Å². The van der Waals surface area contributed by atoms with Gasteiger partial charge in [0.05, 0.1) is 18.3 Å². The molecule has 47 heavy (non-hydrogen) atoms. The first-order chi connectivity index (χ1) is 22.3. The number of primary amides is 1. The molecular weight excluding hydrogens is 646 g/mol. The smallest absolute Gasteiger partial charge is 0.387 e. The second-order valence-electron chi connectivity index (χ2n) is 12.5. The zero-order valence-corrected chi connectivity index (χ0v) is 25.6. The first-order valence-electron chi connectivity index (χ1n) is 14.9. The maximum absolute atomic E-state index is 15.3. The number of halogens is 5. The number of aromatic nitrogens is 3. The number of aliphatic hydroxyl groups is 1. The van der Waals surface area contributed by atoms with Gasteiger partial charge in [-0.3, -0.25) is 14.3 Å². The molecule has 2 aromatic carbocycles. The lowest BCUT2D eigenvalue weighted by atomic mass is 9.81. The highest BCUT2D eigenvalue weighted by Gasteiger charge is 2.50. The largest absolute Gasteiger partial charge is 0.489 e. The number of carbonyl (C=O) groups excluding carboxylic acids is 2. The molecule has 0 bridgehead atoms. The summed E-state index contributed by atoms with van der Waals surface area (Å²) in [5, 5.41) is 18.9. The standard InChI is InChI=1S/C32H28ClF4N5O5/c1-31(29(38)44)13-46-27-19(31)10-22(40-26(27)18-6-7-20(34)23(33)24(18)35)32(45,16-2-3-16)12-39-28(43)14-8-15-11-42(17-4-5-17)41-25(15)21(9-14)47-30(36)37/h6-11,16-17,30,45H,2-5,12-13H2,1H3,(H2,38,44)(H,39,43)/t31-,32+/m0/s1. The molecule has 7 rings (SSSR count). The number of nitrogens with zero attached hydrogens (tertiary/aromatic N) is 3. The average Bonchev–Trinajstić information content (AvgIpc) is 3.98. The summed E-state index contributed by atoms with van der Waals surface area (Å²) in [4.78, 5) is 30.6. The Hall–Kier alpha value is -4.43. The monoisotopic (exact) mass is 673 g/mol. The summed E-state index contributed by atoms with van der Waals surface area (Å²) in [6, 6.07) is 6.31. The van der Waals surface area contributed by atoms with Crippen molar-refractivity contribution in [1.29, 1.82) is 0 Å².